The van der Waals surface area contributed by atoms with Gasteiger partial charge in [-0.1, -0.05) is 42.5 Å². The SMILES string of the molecule is O=C(C[C@@H]1C/C=C/CCC(=O)N[C@H](c2ccccc2)COC1=O)NCCCN1CCOCC1. The average molecular weight is 458 g/mol. The van der Waals surface area contributed by atoms with Crippen molar-refractivity contribution in [2.24, 2.45) is 5.92 Å². The van der Waals surface area contributed by atoms with E-state index >= 15 is 0 Å². The van der Waals surface area contributed by atoms with Crippen molar-refractivity contribution >= 4 is 17.8 Å². The third kappa shape index (κ3) is 8.98. The fraction of sp³-hybridized carbons (Fsp3) is 0.560. The Morgan fingerprint density at radius 2 is 1.91 bits per heavy atom. The molecule has 2 heterocycles. The van der Waals surface area contributed by atoms with E-state index in [4.69, 9.17) is 9.47 Å². The van der Waals surface area contributed by atoms with E-state index in [2.05, 4.69) is 15.5 Å². The number of esters is 1. The highest BCUT2D eigenvalue weighted by Gasteiger charge is 2.25. The topological polar surface area (TPSA) is 97.0 Å². The molecule has 0 unspecified atom stereocenters. The maximum Gasteiger partial charge on any atom is 0.309 e. The minimum Gasteiger partial charge on any atom is -0.463 e. The molecule has 0 saturated carbocycles. The highest BCUT2D eigenvalue weighted by Crippen LogP contribution is 2.18. The van der Waals surface area contributed by atoms with E-state index < -0.39 is 17.9 Å². The third-order valence-corrected chi connectivity index (χ3v) is 5.90. The van der Waals surface area contributed by atoms with Gasteiger partial charge in [-0.3, -0.25) is 19.3 Å². The van der Waals surface area contributed by atoms with Crippen LogP contribution in [0.2, 0.25) is 0 Å². The molecule has 0 bridgehead atoms. The minimum atomic E-state index is -0.549. The summed E-state index contributed by atoms with van der Waals surface area (Å²) in [6.45, 7) is 4.92. The Hall–Kier alpha value is -2.71. The van der Waals surface area contributed by atoms with Crippen molar-refractivity contribution in [2.75, 3.05) is 46.0 Å². The Morgan fingerprint density at radius 1 is 1.12 bits per heavy atom. The van der Waals surface area contributed by atoms with Crippen LogP contribution in [0.15, 0.2) is 42.5 Å². The molecule has 0 spiro atoms. The molecule has 1 fully saturated rings. The molecular weight excluding hydrogens is 422 g/mol. The number of benzene rings is 1. The van der Waals surface area contributed by atoms with E-state index in [1.807, 2.05) is 42.5 Å². The summed E-state index contributed by atoms with van der Waals surface area (Å²) in [5, 5.41) is 5.88. The van der Waals surface area contributed by atoms with Crippen LogP contribution < -0.4 is 10.6 Å². The molecule has 2 aliphatic rings. The van der Waals surface area contributed by atoms with Crippen molar-refractivity contribution in [3.05, 3.63) is 48.0 Å². The molecule has 33 heavy (non-hydrogen) atoms. The molecule has 3 rings (SSSR count). The molecule has 1 aromatic rings. The first-order valence-electron chi connectivity index (χ1n) is 11.8. The molecule has 8 nitrogen and oxygen atoms in total. The number of hydrogen-bond donors (Lipinski definition) is 2. The lowest BCUT2D eigenvalue weighted by atomic mass is 10.00. The molecule has 8 heteroatoms. The summed E-state index contributed by atoms with van der Waals surface area (Å²) in [5.41, 5.74) is 0.876. The van der Waals surface area contributed by atoms with Crippen LogP contribution >= 0.6 is 0 Å². The molecule has 1 saturated heterocycles. The van der Waals surface area contributed by atoms with E-state index in [1.54, 1.807) is 0 Å². The number of carbonyl (C=O) groups is 3. The maximum atomic E-state index is 12.8. The number of nitrogens with one attached hydrogen (secondary N) is 2. The number of hydrogen-bond acceptors (Lipinski definition) is 6. The van der Waals surface area contributed by atoms with Gasteiger partial charge in [0.1, 0.15) is 6.61 Å². The highest BCUT2D eigenvalue weighted by molar-refractivity contribution is 5.83. The Kier molecular flexibility index (Phi) is 10.4. The molecule has 180 valence electrons. The number of nitrogens with zero attached hydrogens (tertiary/aromatic N) is 1. The van der Waals surface area contributed by atoms with Gasteiger partial charge >= 0.3 is 5.97 Å². The summed E-state index contributed by atoms with van der Waals surface area (Å²) in [6, 6.07) is 9.04. The molecule has 2 N–H and O–H groups in total. The van der Waals surface area contributed by atoms with Crippen LogP contribution in [0.5, 0.6) is 0 Å². The number of ether oxygens (including phenoxy) is 2. The number of allylic oxidation sites excluding steroid dienone is 2. The zero-order valence-electron chi connectivity index (χ0n) is 19.2. The van der Waals surface area contributed by atoms with Gasteiger partial charge in [-0.25, -0.2) is 0 Å². The molecule has 2 atom stereocenters. The van der Waals surface area contributed by atoms with E-state index in [0.717, 1.165) is 44.8 Å². The Labute approximate surface area is 195 Å². The van der Waals surface area contributed by atoms with Crippen LogP contribution in [0.3, 0.4) is 0 Å². The summed E-state index contributed by atoms with van der Waals surface area (Å²) in [5.74, 6) is -1.20. The van der Waals surface area contributed by atoms with Gasteiger partial charge in [0.15, 0.2) is 0 Å². The summed E-state index contributed by atoms with van der Waals surface area (Å²) in [4.78, 5) is 39.9. The lowest BCUT2D eigenvalue weighted by Gasteiger charge is -2.26. The number of morpholine rings is 1. The first-order chi connectivity index (χ1) is 16.1. The largest absolute Gasteiger partial charge is 0.463 e. The lowest BCUT2D eigenvalue weighted by Crippen LogP contribution is -2.38. The second-order valence-electron chi connectivity index (χ2n) is 8.47. The normalized spacial score (nSPS) is 24.0. The van der Waals surface area contributed by atoms with Crippen molar-refractivity contribution in [3.63, 3.8) is 0 Å². The van der Waals surface area contributed by atoms with Crippen LogP contribution in [0.1, 0.15) is 43.7 Å². The van der Waals surface area contributed by atoms with Crippen molar-refractivity contribution < 1.29 is 23.9 Å². The summed E-state index contributed by atoms with van der Waals surface area (Å²) >= 11 is 0. The molecular formula is C25H35N3O5. The smallest absolute Gasteiger partial charge is 0.309 e. The monoisotopic (exact) mass is 457 g/mol. The van der Waals surface area contributed by atoms with E-state index in [0.29, 0.717) is 25.8 Å². The van der Waals surface area contributed by atoms with Crippen molar-refractivity contribution in [3.8, 4) is 0 Å². The Balaban J connectivity index is 1.51. The van der Waals surface area contributed by atoms with Crippen molar-refractivity contribution in [1.29, 1.82) is 0 Å². The maximum absolute atomic E-state index is 12.8. The van der Waals surface area contributed by atoms with Gasteiger partial charge in [-0.15, -0.1) is 0 Å². The summed E-state index contributed by atoms with van der Waals surface area (Å²) in [7, 11) is 0. The molecule has 1 aromatic carbocycles. The molecule has 0 aromatic heterocycles. The quantitative estimate of drug-likeness (QED) is 0.369. The standard InChI is InChI=1S/C25H35N3O5/c29-23-11-6-2-5-10-21(18-24(30)26-12-7-13-28-14-16-32-17-15-28)25(31)33-19-22(27-23)20-8-3-1-4-9-20/h1-5,8-9,21-22H,6-7,10-19H2,(H,26,30)(H,27,29)/b5-2+/t21-,22-/m0/s1. The lowest BCUT2D eigenvalue weighted by molar-refractivity contribution is -0.151. The van der Waals surface area contributed by atoms with Gasteiger partial charge in [-0.2, -0.15) is 0 Å². The zero-order valence-corrected chi connectivity index (χ0v) is 19.2. The molecule has 2 amide bonds. The second kappa shape index (κ2) is 13.7. The predicted molar refractivity (Wildman–Crippen MR) is 124 cm³/mol. The molecule has 0 aliphatic carbocycles. The number of cyclic esters (lactones) is 1. The fourth-order valence-electron chi connectivity index (χ4n) is 3.96. The average Bonchev–Trinajstić information content (AvgIpc) is 2.83. The third-order valence-electron chi connectivity index (χ3n) is 5.90. The second-order valence-corrected chi connectivity index (χ2v) is 8.47. The van der Waals surface area contributed by atoms with Crippen LogP contribution in [-0.2, 0) is 23.9 Å². The van der Waals surface area contributed by atoms with E-state index in [-0.39, 0.29) is 24.8 Å². The van der Waals surface area contributed by atoms with Crippen LogP contribution in [0, 0.1) is 5.92 Å². The van der Waals surface area contributed by atoms with Crippen LogP contribution in [0.4, 0.5) is 0 Å². The van der Waals surface area contributed by atoms with E-state index in [9.17, 15) is 14.4 Å². The first-order valence-corrected chi connectivity index (χ1v) is 11.8. The summed E-state index contributed by atoms with van der Waals surface area (Å²) < 4.78 is 10.9. The zero-order chi connectivity index (χ0) is 23.3. The van der Waals surface area contributed by atoms with Gasteiger partial charge in [0.2, 0.25) is 11.8 Å². The number of carbonyl (C=O) groups excluding carboxylic acids is 3. The Bertz CT molecular complexity index is 792. The minimum absolute atomic E-state index is 0.0377. The van der Waals surface area contributed by atoms with Gasteiger partial charge in [0, 0.05) is 32.5 Å². The highest BCUT2D eigenvalue weighted by atomic mass is 16.5. The van der Waals surface area contributed by atoms with E-state index in [1.165, 1.54) is 0 Å². The van der Waals surface area contributed by atoms with Crippen molar-refractivity contribution in [1.82, 2.24) is 15.5 Å². The summed E-state index contributed by atoms with van der Waals surface area (Å²) in [6.07, 6.45) is 6.06. The fourth-order valence-corrected chi connectivity index (χ4v) is 3.96. The van der Waals surface area contributed by atoms with Gasteiger partial charge in [0.25, 0.3) is 0 Å². The molecule has 0 radical (unpaired) electrons. The van der Waals surface area contributed by atoms with Gasteiger partial charge in [0.05, 0.1) is 25.2 Å². The molecule has 2 aliphatic heterocycles. The van der Waals surface area contributed by atoms with Gasteiger partial charge < -0.3 is 20.1 Å². The van der Waals surface area contributed by atoms with Crippen molar-refractivity contribution in [2.45, 2.75) is 38.1 Å². The first kappa shape index (κ1) is 24.9. The van der Waals surface area contributed by atoms with Crippen LogP contribution in [-0.4, -0.2) is 68.7 Å². The Morgan fingerprint density at radius 3 is 2.70 bits per heavy atom. The van der Waals surface area contributed by atoms with Crippen LogP contribution in [0.25, 0.3) is 0 Å². The number of amides is 2. The number of rotatable bonds is 7. The van der Waals surface area contributed by atoms with Gasteiger partial charge in [-0.05, 0) is 31.4 Å². The predicted octanol–water partition coefficient (Wildman–Crippen LogP) is 1.97.